The van der Waals surface area contributed by atoms with Crippen molar-refractivity contribution in [3.63, 3.8) is 0 Å². The summed E-state index contributed by atoms with van der Waals surface area (Å²) in [6.07, 6.45) is 1.23. The van der Waals surface area contributed by atoms with Crippen molar-refractivity contribution < 1.29 is 4.74 Å². The molecule has 0 saturated heterocycles. The van der Waals surface area contributed by atoms with E-state index in [1.807, 2.05) is 13.1 Å². The van der Waals surface area contributed by atoms with Gasteiger partial charge in [0.05, 0.1) is 0 Å². The lowest BCUT2D eigenvalue weighted by Gasteiger charge is -2.23. The number of ether oxygens (including phenoxy) is 1. The van der Waals surface area contributed by atoms with Crippen LogP contribution < -0.4 is 10.1 Å². The van der Waals surface area contributed by atoms with Gasteiger partial charge in [0.2, 0.25) is 0 Å². The van der Waals surface area contributed by atoms with Crippen molar-refractivity contribution in [1.29, 1.82) is 0 Å². The summed E-state index contributed by atoms with van der Waals surface area (Å²) in [5.41, 5.74) is 0. The molecule has 1 N–H and O–H groups in total. The Bertz CT molecular complexity index is 505. The first-order valence-corrected chi connectivity index (χ1v) is 6.57. The van der Waals surface area contributed by atoms with E-state index >= 15 is 0 Å². The Morgan fingerprint density at radius 3 is 2.50 bits per heavy atom. The molecule has 0 spiro atoms. The van der Waals surface area contributed by atoms with E-state index in [-0.39, 0.29) is 6.10 Å². The maximum absolute atomic E-state index is 6.00. The number of benzene rings is 2. The second-order valence-electron chi connectivity index (χ2n) is 4.64. The van der Waals surface area contributed by atoms with Gasteiger partial charge in [-0.15, -0.1) is 0 Å². The molecule has 0 radical (unpaired) electrons. The van der Waals surface area contributed by atoms with Crippen LogP contribution in [0.2, 0.25) is 0 Å². The topological polar surface area (TPSA) is 21.3 Å². The molecule has 0 aliphatic rings. The fourth-order valence-electron chi connectivity index (χ4n) is 2.31. The Hall–Kier alpha value is -1.54. The Labute approximate surface area is 109 Å². The summed E-state index contributed by atoms with van der Waals surface area (Å²) in [4.78, 5) is 0. The van der Waals surface area contributed by atoms with Gasteiger partial charge in [-0.1, -0.05) is 37.3 Å². The third-order valence-electron chi connectivity index (χ3n) is 3.42. The van der Waals surface area contributed by atoms with E-state index in [1.165, 1.54) is 10.8 Å². The number of hydrogen-bond donors (Lipinski definition) is 1. The second-order valence-corrected chi connectivity index (χ2v) is 4.64. The van der Waals surface area contributed by atoms with Crippen LogP contribution in [0.1, 0.15) is 20.3 Å². The van der Waals surface area contributed by atoms with Crippen LogP contribution in [-0.4, -0.2) is 19.2 Å². The van der Waals surface area contributed by atoms with Crippen molar-refractivity contribution in [3.8, 4) is 5.75 Å². The Morgan fingerprint density at radius 2 is 1.83 bits per heavy atom. The highest BCUT2D eigenvalue weighted by Crippen LogP contribution is 2.22. The summed E-state index contributed by atoms with van der Waals surface area (Å²) in [5.74, 6) is 0.940. The van der Waals surface area contributed by atoms with Crippen LogP contribution in [0.4, 0.5) is 0 Å². The molecule has 0 aromatic heterocycles. The van der Waals surface area contributed by atoms with Gasteiger partial charge in [0.15, 0.2) is 0 Å². The first-order chi connectivity index (χ1) is 8.74. The van der Waals surface area contributed by atoms with E-state index in [0.717, 1.165) is 12.2 Å². The van der Waals surface area contributed by atoms with Gasteiger partial charge in [-0.25, -0.2) is 0 Å². The van der Waals surface area contributed by atoms with E-state index in [2.05, 4.69) is 55.6 Å². The summed E-state index contributed by atoms with van der Waals surface area (Å²) < 4.78 is 6.00. The lowest BCUT2D eigenvalue weighted by atomic mass is 10.1. The molecule has 0 aliphatic heterocycles. The summed E-state index contributed by atoms with van der Waals surface area (Å²) in [7, 11) is 1.98. The summed E-state index contributed by atoms with van der Waals surface area (Å²) in [6.45, 7) is 4.28. The normalized spacial score (nSPS) is 14.4. The number of rotatable bonds is 5. The zero-order chi connectivity index (χ0) is 13.0. The third kappa shape index (κ3) is 2.82. The highest BCUT2D eigenvalue weighted by molar-refractivity contribution is 5.83. The van der Waals surface area contributed by atoms with Crippen LogP contribution in [0.25, 0.3) is 10.8 Å². The van der Waals surface area contributed by atoms with Crippen LogP contribution in [0.5, 0.6) is 5.75 Å². The van der Waals surface area contributed by atoms with Crippen molar-refractivity contribution in [2.24, 2.45) is 0 Å². The molecular formula is C16H21NO. The quantitative estimate of drug-likeness (QED) is 0.866. The first-order valence-electron chi connectivity index (χ1n) is 6.57. The van der Waals surface area contributed by atoms with E-state index in [1.54, 1.807) is 0 Å². The average molecular weight is 243 g/mol. The molecule has 2 atom stereocenters. The van der Waals surface area contributed by atoms with Gasteiger partial charge < -0.3 is 10.1 Å². The molecule has 0 bridgehead atoms. The lowest BCUT2D eigenvalue weighted by molar-refractivity contribution is 0.172. The molecule has 0 saturated carbocycles. The second kappa shape index (κ2) is 5.87. The largest absolute Gasteiger partial charge is 0.489 e. The molecule has 18 heavy (non-hydrogen) atoms. The highest BCUT2D eigenvalue weighted by Gasteiger charge is 2.14. The molecule has 2 nitrogen and oxygen atoms in total. The zero-order valence-corrected chi connectivity index (χ0v) is 11.3. The monoisotopic (exact) mass is 243 g/mol. The van der Waals surface area contributed by atoms with Crippen LogP contribution in [0.3, 0.4) is 0 Å². The lowest BCUT2D eigenvalue weighted by Crippen LogP contribution is -2.38. The van der Waals surface area contributed by atoms with Crippen molar-refractivity contribution in [2.75, 3.05) is 7.05 Å². The van der Waals surface area contributed by atoms with Crippen LogP contribution in [0.15, 0.2) is 42.5 Å². The molecule has 96 valence electrons. The van der Waals surface area contributed by atoms with E-state index in [4.69, 9.17) is 4.74 Å². The summed E-state index contributed by atoms with van der Waals surface area (Å²) >= 11 is 0. The number of likely N-dealkylation sites (N-methyl/N-ethyl adjacent to an activating group) is 1. The fraction of sp³-hybridized carbons (Fsp3) is 0.375. The maximum atomic E-state index is 6.00. The van der Waals surface area contributed by atoms with Gasteiger partial charge in [0.25, 0.3) is 0 Å². The van der Waals surface area contributed by atoms with Crippen molar-refractivity contribution >= 4 is 10.8 Å². The standard InChI is InChI=1S/C16H21NO/c1-4-16(17-3)12(2)18-15-10-9-13-7-5-6-8-14(13)11-15/h5-12,16-17H,4H2,1-3H3. The minimum atomic E-state index is 0.168. The summed E-state index contributed by atoms with van der Waals surface area (Å²) in [6, 6.07) is 15.0. The Kier molecular flexibility index (Phi) is 4.21. The van der Waals surface area contributed by atoms with E-state index in [0.29, 0.717) is 6.04 Å². The minimum absolute atomic E-state index is 0.168. The van der Waals surface area contributed by atoms with Gasteiger partial charge in [0.1, 0.15) is 11.9 Å². The van der Waals surface area contributed by atoms with Crippen LogP contribution in [0, 0.1) is 0 Å². The average Bonchev–Trinajstić information content (AvgIpc) is 2.40. The molecule has 0 aliphatic carbocycles. The highest BCUT2D eigenvalue weighted by atomic mass is 16.5. The van der Waals surface area contributed by atoms with Gasteiger partial charge >= 0.3 is 0 Å². The minimum Gasteiger partial charge on any atom is -0.489 e. The van der Waals surface area contributed by atoms with Crippen molar-refractivity contribution in [1.82, 2.24) is 5.32 Å². The Balaban J connectivity index is 2.16. The van der Waals surface area contributed by atoms with Crippen LogP contribution in [-0.2, 0) is 0 Å². The number of fused-ring (bicyclic) bond motifs is 1. The number of nitrogens with one attached hydrogen (secondary N) is 1. The molecule has 0 heterocycles. The molecule has 0 fully saturated rings. The van der Waals surface area contributed by atoms with E-state index < -0.39 is 0 Å². The SMILES string of the molecule is CCC(NC)C(C)Oc1ccc2ccccc2c1. The van der Waals surface area contributed by atoms with Gasteiger partial charge in [-0.2, -0.15) is 0 Å². The molecular weight excluding hydrogens is 222 g/mol. The van der Waals surface area contributed by atoms with Crippen LogP contribution >= 0.6 is 0 Å². The summed E-state index contributed by atoms with van der Waals surface area (Å²) in [5, 5.41) is 5.75. The van der Waals surface area contributed by atoms with Gasteiger partial charge in [0, 0.05) is 6.04 Å². The molecule has 0 amide bonds. The zero-order valence-electron chi connectivity index (χ0n) is 11.3. The smallest absolute Gasteiger partial charge is 0.120 e. The van der Waals surface area contributed by atoms with Gasteiger partial charge in [-0.3, -0.25) is 0 Å². The maximum Gasteiger partial charge on any atom is 0.120 e. The third-order valence-corrected chi connectivity index (χ3v) is 3.42. The Morgan fingerprint density at radius 1 is 1.11 bits per heavy atom. The molecule has 2 rings (SSSR count). The number of hydrogen-bond acceptors (Lipinski definition) is 2. The van der Waals surface area contributed by atoms with Crippen molar-refractivity contribution in [2.45, 2.75) is 32.4 Å². The van der Waals surface area contributed by atoms with Crippen molar-refractivity contribution in [3.05, 3.63) is 42.5 Å². The predicted octanol–water partition coefficient (Wildman–Crippen LogP) is 3.61. The molecule has 2 unspecified atom stereocenters. The van der Waals surface area contributed by atoms with E-state index in [9.17, 15) is 0 Å². The molecule has 2 aromatic rings. The molecule has 2 heteroatoms. The first kappa shape index (κ1) is 12.9. The predicted molar refractivity (Wildman–Crippen MR) is 77.2 cm³/mol. The van der Waals surface area contributed by atoms with Gasteiger partial charge in [-0.05, 0) is 43.3 Å². The molecule has 2 aromatic carbocycles. The fourth-order valence-corrected chi connectivity index (χ4v) is 2.31.